The lowest BCUT2D eigenvalue weighted by atomic mass is 10.1. The van der Waals surface area contributed by atoms with Gasteiger partial charge in [-0.2, -0.15) is 0 Å². The minimum atomic E-state index is -0.447. The van der Waals surface area contributed by atoms with Gasteiger partial charge in [-0.1, -0.05) is 18.2 Å². The van der Waals surface area contributed by atoms with Gasteiger partial charge < -0.3 is 11.1 Å². The summed E-state index contributed by atoms with van der Waals surface area (Å²) in [5.74, 6) is -0.786. The summed E-state index contributed by atoms with van der Waals surface area (Å²) in [4.78, 5) is 12.0. The first-order valence-electron chi connectivity index (χ1n) is 5.96. The van der Waals surface area contributed by atoms with Gasteiger partial charge in [0.2, 0.25) is 0 Å². The van der Waals surface area contributed by atoms with Crippen molar-refractivity contribution >= 4 is 11.6 Å². The van der Waals surface area contributed by atoms with Crippen molar-refractivity contribution < 1.29 is 9.18 Å². The van der Waals surface area contributed by atoms with Gasteiger partial charge in [0.15, 0.2) is 0 Å². The standard InChI is InChI=1S/C15H15FN2O/c1-10-2-7-13(16)14(8-10)18-15(19)12-5-3-11(9-17)4-6-12/h2-8H,9,17H2,1H3,(H,18,19). The molecule has 0 atom stereocenters. The van der Waals surface area contributed by atoms with Gasteiger partial charge in [0.25, 0.3) is 5.91 Å². The second-order valence-corrected chi connectivity index (χ2v) is 4.34. The zero-order valence-corrected chi connectivity index (χ0v) is 10.6. The molecule has 0 fully saturated rings. The van der Waals surface area contributed by atoms with Crippen LogP contribution < -0.4 is 11.1 Å². The van der Waals surface area contributed by atoms with Crippen LogP contribution >= 0.6 is 0 Å². The Morgan fingerprint density at radius 1 is 1.21 bits per heavy atom. The highest BCUT2D eigenvalue weighted by Gasteiger charge is 2.09. The molecule has 0 aliphatic carbocycles. The van der Waals surface area contributed by atoms with Gasteiger partial charge in [0.05, 0.1) is 5.69 Å². The number of rotatable bonds is 3. The molecule has 2 rings (SSSR count). The van der Waals surface area contributed by atoms with E-state index >= 15 is 0 Å². The monoisotopic (exact) mass is 258 g/mol. The number of carbonyl (C=O) groups is 1. The Hall–Kier alpha value is -2.20. The largest absolute Gasteiger partial charge is 0.326 e. The van der Waals surface area contributed by atoms with E-state index in [2.05, 4.69) is 5.32 Å². The predicted octanol–water partition coefficient (Wildman–Crippen LogP) is 2.85. The van der Waals surface area contributed by atoms with Crippen molar-refractivity contribution in [2.75, 3.05) is 5.32 Å². The minimum Gasteiger partial charge on any atom is -0.326 e. The molecule has 0 bridgehead atoms. The molecule has 0 saturated heterocycles. The molecule has 0 radical (unpaired) electrons. The zero-order chi connectivity index (χ0) is 13.8. The average molecular weight is 258 g/mol. The van der Waals surface area contributed by atoms with Crippen LogP contribution in [0.5, 0.6) is 0 Å². The Bertz CT molecular complexity index is 594. The van der Waals surface area contributed by atoms with Gasteiger partial charge in [0.1, 0.15) is 5.82 Å². The van der Waals surface area contributed by atoms with Crippen LogP contribution in [0.25, 0.3) is 0 Å². The van der Waals surface area contributed by atoms with E-state index in [1.54, 1.807) is 36.4 Å². The fraction of sp³-hybridized carbons (Fsp3) is 0.133. The van der Waals surface area contributed by atoms with Crippen molar-refractivity contribution in [3.05, 3.63) is 65.0 Å². The molecule has 0 unspecified atom stereocenters. The Labute approximate surface area is 111 Å². The molecule has 2 aromatic carbocycles. The van der Waals surface area contributed by atoms with Gasteiger partial charge in [-0.05, 0) is 42.3 Å². The lowest BCUT2D eigenvalue weighted by Crippen LogP contribution is -2.13. The molecule has 1 amide bonds. The van der Waals surface area contributed by atoms with Crippen LogP contribution in [0.4, 0.5) is 10.1 Å². The van der Waals surface area contributed by atoms with Gasteiger partial charge in [0, 0.05) is 12.1 Å². The van der Waals surface area contributed by atoms with Crippen molar-refractivity contribution in [2.24, 2.45) is 5.73 Å². The number of anilines is 1. The van der Waals surface area contributed by atoms with E-state index < -0.39 is 5.82 Å². The smallest absolute Gasteiger partial charge is 0.255 e. The molecule has 3 N–H and O–H groups in total. The number of benzene rings is 2. The van der Waals surface area contributed by atoms with Crippen LogP contribution in [-0.2, 0) is 6.54 Å². The van der Waals surface area contributed by atoms with Gasteiger partial charge in [-0.3, -0.25) is 4.79 Å². The van der Waals surface area contributed by atoms with E-state index in [1.165, 1.54) is 6.07 Å². The SMILES string of the molecule is Cc1ccc(F)c(NC(=O)c2ccc(CN)cc2)c1. The first kappa shape index (κ1) is 13.2. The zero-order valence-electron chi connectivity index (χ0n) is 10.6. The number of hydrogen-bond donors (Lipinski definition) is 2. The Kier molecular flexibility index (Phi) is 3.92. The molecule has 3 nitrogen and oxygen atoms in total. The normalized spacial score (nSPS) is 10.3. The van der Waals surface area contributed by atoms with E-state index in [-0.39, 0.29) is 11.6 Å². The van der Waals surface area contributed by atoms with Crippen molar-refractivity contribution in [3.8, 4) is 0 Å². The summed E-state index contributed by atoms with van der Waals surface area (Å²) in [5, 5.41) is 2.56. The molecule has 19 heavy (non-hydrogen) atoms. The summed E-state index contributed by atoms with van der Waals surface area (Å²) in [5.41, 5.74) is 7.97. The van der Waals surface area contributed by atoms with Crippen molar-refractivity contribution in [3.63, 3.8) is 0 Å². The van der Waals surface area contributed by atoms with Crippen LogP contribution in [0.3, 0.4) is 0 Å². The molecular weight excluding hydrogens is 243 g/mol. The third-order valence-electron chi connectivity index (χ3n) is 2.82. The topological polar surface area (TPSA) is 55.1 Å². The number of nitrogens with two attached hydrogens (primary N) is 1. The van der Waals surface area contributed by atoms with Crippen LogP contribution in [-0.4, -0.2) is 5.91 Å². The lowest BCUT2D eigenvalue weighted by Gasteiger charge is -2.07. The number of nitrogens with one attached hydrogen (secondary N) is 1. The third-order valence-corrected chi connectivity index (χ3v) is 2.82. The Morgan fingerprint density at radius 3 is 2.53 bits per heavy atom. The molecule has 4 heteroatoms. The maximum absolute atomic E-state index is 13.5. The highest BCUT2D eigenvalue weighted by molar-refractivity contribution is 6.04. The maximum atomic E-state index is 13.5. The third kappa shape index (κ3) is 3.17. The summed E-state index contributed by atoms with van der Waals surface area (Å²) in [6.07, 6.45) is 0. The quantitative estimate of drug-likeness (QED) is 0.889. The number of hydrogen-bond acceptors (Lipinski definition) is 2. The van der Waals surface area contributed by atoms with E-state index in [4.69, 9.17) is 5.73 Å². The predicted molar refractivity (Wildman–Crippen MR) is 73.4 cm³/mol. The average Bonchev–Trinajstić information content (AvgIpc) is 2.43. The molecule has 0 aromatic heterocycles. The number of carbonyl (C=O) groups excluding carboxylic acids is 1. The summed E-state index contributed by atoms with van der Waals surface area (Å²) in [7, 11) is 0. The maximum Gasteiger partial charge on any atom is 0.255 e. The van der Waals surface area contributed by atoms with Crippen molar-refractivity contribution in [1.29, 1.82) is 0 Å². The number of amides is 1. The first-order valence-corrected chi connectivity index (χ1v) is 5.96. The van der Waals surface area contributed by atoms with E-state index in [0.717, 1.165) is 11.1 Å². The summed E-state index contributed by atoms with van der Waals surface area (Å²) >= 11 is 0. The van der Waals surface area contributed by atoms with E-state index in [9.17, 15) is 9.18 Å². The second kappa shape index (κ2) is 5.63. The van der Waals surface area contributed by atoms with Crippen molar-refractivity contribution in [1.82, 2.24) is 0 Å². The van der Waals surface area contributed by atoms with Crippen LogP contribution in [0.15, 0.2) is 42.5 Å². The van der Waals surface area contributed by atoms with E-state index in [1.807, 2.05) is 6.92 Å². The fourth-order valence-electron chi connectivity index (χ4n) is 1.72. The highest BCUT2D eigenvalue weighted by atomic mass is 19.1. The fourth-order valence-corrected chi connectivity index (χ4v) is 1.72. The Morgan fingerprint density at radius 2 is 1.89 bits per heavy atom. The molecule has 2 aromatic rings. The van der Waals surface area contributed by atoms with Crippen LogP contribution in [0.1, 0.15) is 21.5 Å². The molecule has 0 aliphatic heterocycles. The highest BCUT2D eigenvalue weighted by Crippen LogP contribution is 2.17. The summed E-state index contributed by atoms with van der Waals surface area (Å²) < 4.78 is 13.5. The molecule has 0 aliphatic rings. The lowest BCUT2D eigenvalue weighted by molar-refractivity contribution is 0.102. The molecule has 0 heterocycles. The molecular formula is C15H15FN2O. The molecule has 0 saturated carbocycles. The number of aryl methyl sites for hydroxylation is 1. The molecule has 98 valence electrons. The van der Waals surface area contributed by atoms with E-state index in [0.29, 0.717) is 12.1 Å². The number of halogens is 1. The second-order valence-electron chi connectivity index (χ2n) is 4.34. The first-order chi connectivity index (χ1) is 9.10. The summed E-state index contributed by atoms with van der Waals surface area (Å²) in [6, 6.07) is 11.5. The Balaban J connectivity index is 2.18. The summed E-state index contributed by atoms with van der Waals surface area (Å²) in [6.45, 7) is 2.26. The van der Waals surface area contributed by atoms with Gasteiger partial charge >= 0.3 is 0 Å². The van der Waals surface area contributed by atoms with Gasteiger partial charge in [-0.15, -0.1) is 0 Å². The minimum absolute atomic E-state index is 0.188. The van der Waals surface area contributed by atoms with Crippen molar-refractivity contribution in [2.45, 2.75) is 13.5 Å². The van der Waals surface area contributed by atoms with Gasteiger partial charge in [-0.25, -0.2) is 4.39 Å². The molecule has 0 spiro atoms. The van der Waals surface area contributed by atoms with Crippen LogP contribution in [0, 0.1) is 12.7 Å². The van der Waals surface area contributed by atoms with Crippen LogP contribution in [0.2, 0.25) is 0 Å².